The smallest absolute Gasteiger partial charge is 0.270 e. The van der Waals surface area contributed by atoms with Crippen molar-refractivity contribution in [1.29, 1.82) is 0 Å². The summed E-state index contributed by atoms with van der Waals surface area (Å²) in [7, 11) is 0. The monoisotopic (exact) mass is 256 g/mol. The molecule has 1 atom stereocenters. The topological polar surface area (TPSA) is 83.8 Å². The molecule has 19 heavy (non-hydrogen) atoms. The normalized spacial score (nSPS) is 32.3. The Morgan fingerprint density at radius 1 is 1.37 bits per heavy atom. The van der Waals surface area contributed by atoms with Crippen LogP contribution in [0.25, 0.3) is 11.0 Å². The predicted molar refractivity (Wildman–Crippen MR) is 71.6 cm³/mol. The number of nitrogens with zero attached hydrogens (tertiary/aromatic N) is 1. The van der Waals surface area contributed by atoms with E-state index in [9.17, 15) is 4.79 Å². The van der Waals surface area contributed by atoms with Gasteiger partial charge in [0.25, 0.3) is 5.91 Å². The molecule has 98 valence electrons. The molecule has 4 N–H and O–H groups in total. The maximum absolute atomic E-state index is 12.1. The number of H-pyrrole nitrogens is 1. The molecule has 0 saturated heterocycles. The van der Waals surface area contributed by atoms with Gasteiger partial charge in [-0.3, -0.25) is 4.79 Å². The van der Waals surface area contributed by atoms with Gasteiger partial charge in [0.1, 0.15) is 5.69 Å². The lowest BCUT2D eigenvalue weighted by Crippen LogP contribution is -2.47. The van der Waals surface area contributed by atoms with E-state index in [2.05, 4.69) is 15.3 Å². The lowest BCUT2D eigenvalue weighted by Gasteiger charge is -2.36. The Kier molecular flexibility index (Phi) is 2.07. The molecule has 1 spiro atoms. The third-order valence-electron chi connectivity index (χ3n) is 4.53. The highest BCUT2D eigenvalue weighted by atomic mass is 16.1. The first-order valence-corrected chi connectivity index (χ1v) is 6.67. The highest BCUT2D eigenvalue weighted by Gasteiger charge is 2.60. The Hall–Kier alpha value is -1.88. The molecule has 1 unspecified atom stereocenters. The van der Waals surface area contributed by atoms with Gasteiger partial charge >= 0.3 is 0 Å². The van der Waals surface area contributed by atoms with E-state index in [0.29, 0.717) is 17.2 Å². The molecule has 0 aliphatic heterocycles. The lowest BCUT2D eigenvalue weighted by molar-refractivity contribution is 0.0869. The molecule has 1 amide bonds. The standard InChI is InChI=1S/C14H16N4O/c15-12-7-14(12)5-8(6-14)17-13(19)11-2-1-9-10(18-11)3-4-16-9/h1-4,8,12,16H,5-7,15H2,(H,17,19). The number of hydrogen-bond acceptors (Lipinski definition) is 3. The van der Waals surface area contributed by atoms with Crippen LogP contribution >= 0.6 is 0 Å². The maximum atomic E-state index is 12.1. The van der Waals surface area contributed by atoms with Crippen molar-refractivity contribution in [3.8, 4) is 0 Å². The van der Waals surface area contributed by atoms with Gasteiger partial charge in [0.05, 0.1) is 11.0 Å². The van der Waals surface area contributed by atoms with Crippen molar-refractivity contribution in [2.24, 2.45) is 11.1 Å². The molecule has 0 bridgehead atoms. The molecule has 4 rings (SSSR count). The third-order valence-corrected chi connectivity index (χ3v) is 4.53. The van der Waals surface area contributed by atoms with Crippen LogP contribution in [-0.2, 0) is 0 Å². The SMILES string of the molecule is NC1CC12CC(NC(=O)c1ccc3[nH]ccc3n1)C2. The summed E-state index contributed by atoms with van der Waals surface area (Å²) in [5, 5.41) is 3.04. The van der Waals surface area contributed by atoms with Crippen LogP contribution in [0.4, 0.5) is 0 Å². The average molecular weight is 256 g/mol. The van der Waals surface area contributed by atoms with Gasteiger partial charge in [-0.15, -0.1) is 0 Å². The maximum Gasteiger partial charge on any atom is 0.270 e. The molecule has 2 aromatic rings. The zero-order valence-corrected chi connectivity index (χ0v) is 10.5. The Balaban J connectivity index is 1.45. The number of pyridine rings is 1. The van der Waals surface area contributed by atoms with E-state index >= 15 is 0 Å². The zero-order valence-electron chi connectivity index (χ0n) is 10.5. The summed E-state index contributed by atoms with van der Waals surface area (Å²) in [4.78, 5) is 19.5. The fourth-order valence-electron chi connectivity index (χ4n) is 3.19. The number of carbonyl (C=O) groups is 1. The van der Waals surface area contributed by atoms with Crippen LogP contribution in [0.3, 0.4) is 0 Å². The molecule has 2 heterocycles. The second-order valence-corrected chi connectivity index (χ2v) is 5.86. The van der Waals surface area contributed by atoms with Gasteiger partial charge in [0, 0.05) is 18.3 Å². The molecular weight excluding hydrogens is 240 g/mol. The highest BCUT2D eigenvalue weighted by molar-refractivity contribution is 5.94. The molecule has 0 aromatic carbocycles. The van der Waals surface area contributed by atoms with E-state index in [1.54, 1.807) is 6.07 Å². The van der Waals surface area contributed by atoms with Gasteiger partial charge < -0.3 is 16.0 Å². The van der Waals surface area contributed by atoms with Crippen molar-refractivity contribution >= 4 is 16.9 Å². The Morgan fingerprint density at radius 3 is 2.89 bits per heavy atom. The van der Waals surface area contributed by atoms with E-state index < -0.39 is 0 Å². The second-order valence-electron chi connectivity index (χ2n) is 5.86. The first-order chi connectivity index (χ1) is 9.16. The molecule has 2 aromatic heterocycles. The van der Waals surface area contributed by atoms with E-state index in [1.807, 2.05) is 18.3 Å². The molecular formula is C14H16N4O. The van der Waals surface area contributed by atoms with Gasteiger partial charge in [-0.1, -0.05) is 0 Å². The minimum Gasteiger partial charge on any atom is -0.360 e. The summed E-state index contributed by atoms with van der Waals surface area (Å²) in [6, 6.07) is 6.13. The van der Waals surface area contributed by atoms with Crippen molar-refractivity contribution in [3.05, 3.63) is 30.1 Å². The van der Waals surface area contributed by atoms with Crippen LogP contribution in [0.15, 0.2) is 24.4 Å². The number of aromatic nitrogens is 2. The molecule has 2 aliphatic carbocycles. The summed E-state index contributed by atoms with van der Waals surface area (Å²) in [6.45, 7) is 0. The Bertz CT molecular complexity index is 656. The second kappa shape index (κ2) is 3.57. The van der Waals surface area contributed by atoms with E-state index in [-0.39, 0.29) is 11.9 Å². The Labute approximate surface area is 110 Å². The fourth-order valence-corrected chi connectivity index (χ4v) is 3.19. The van der Waals surface area contributed by atoms with Gasteiger partial charge in [-0.05, 0) is 42.9 Å². The van der Waals surface area contributed by atoms with Crippen molar-refractivity contribution < 1.29 is 4.79 Å². The minimum absolute atomic E-state index is 0.0860. The summed E-state index contributed by atoms with van der Waals surface area (Å²) < 4.78 is 0. The van der Waals surface area contributed by atoms with Crippen LogP contribution < -0.4 is 11.1 Å². The first kappa shape index (κ1) is 11.0. The molecule has 2 saturated carbocycles. The van der Waals surface area contributed by atoms with Crippen LogP contribution in [-0.4, -0.2) is 28.0 Å². The minimum atomic E-state index is -0.0860. The van der Waals surface area contributed by atoms with Gasteiger partial charge in [-0.25, -0.2) is 4.98 Å². The third kappa shape index (κ3) is 1.65. The van der Waals surface area contributed by atoms with Gasteiger partial charge in [0.2, 0.25) is 0 Å². The number of fused-ring (bicyclic) bond motifs is 1. The highest BCUT2D eigenvalue weighted by Crippen LogP contribution is 2.59. The number of nitrogens with two attached hydrogens (primary N) is 1. The summed E-state index contributed by atoms with van der Waals surface area (Å²) in [5.74, 6) is -0.0860. The quantitative estimate of drug-likeness (QED) is 0.754. The van der Waals surface area contributed by atoms with Gasteiger partial charge in [-0.2, -0.15) is 0 Å². The summed E-state index contributed by atoms with van der Waals surface area (Å²) >= 11 is 0. The Morgan fingerprint density at radius 2 is 2.16 bits per heavy atom. The molecule has 5 nitrogen and oxygen atoms in total. The van der Waals surface area contributed by atoms with E-state index in [1.165, 1.54) is 0 Å². The number of carbonyl (C=O) groups excluding carboxylic acids is 1. The van der Waals surface area contributed by atoms with Crippen molar-refractivity contribution in [3.63, 3.8) is 0 Å². The van der Waals surface area contributed by atoms with Crippen LogP contribution in [0.5, 0.6) is 0 Å². The van der Waals surface area contributed by atoms with Crippen molar-refractivity contribution in [2.75, 3.05) is 0 Å². The van der Waals surface area contributed by atoms with E-state index in [4.69, 9.17) is 5.73 Å². The molecule has 2 fully saturated rings. The largest absolute Gasteiger partial charge is 0.360 e. The van der Waals surface area contributed by atoms with Crippen molar-refractivity contribution in [2.45, 2.75) is 31.3 Å². The molecule has 2 aliphatic rings. The van der Waals surface area contributed by atoms with Crippen LogP contribution in [0.2, 0.25) is 0 Å². The number of amides is 1. The van der Waals surface area contributed by atoms with Crippen LogP contribution in [0, 0.1) is 5.41 Å². The number of rotatable bonds is 2. The zero-order chi connectivity index (χ0) is 13.0. The summed E-state index contributed by atoms with van der Waals surface area (Å²) in [5.41, 5.74) is 8.49. The molecule has 0 radical (unpaired) electrons. The predicted octanol–water partition coefficient (Wildman–Crippen LogP) is 1.17. The number of aromatic amines is 1. The van der Waals surface area contributed by atoms with Crippen molar-refractivity contribution in [1.82, 2.24) is 15.3 Å². The van der Waals surface area contributed by atoms with E-state index in [0.717, 1.165) is 30.3 Å². The van der Waals surface area contributed by atoms with Crippen LogP contribution in [0.1, 0.15) is 29.8 Å². The number of nitrogens with one attached hydrogen (secondary N) is 2. The molecule has 5 heteroatoms. The lowest BCUT2D eigenvalue weighted by atomic mass is 9.76. The summed E-state index contributed by atoms with van der Waals surface area (Å²) in [6.07, 6.45) is 4.98. The fraction of sp³-hybridized carbons (Fsp3) is 0.429. The van der Waals surface area contributed by atoms with Gasteiger partial charge in [0.15, 0.2) is 0 Å². The average Bonchev–Trinajstić information content (AvgIpc) is 2.85. The first-order valence-electron chi connectivity index (χ1n) is 6.67. The number of hydrogen-bond donors (Lipinski definition) is 3.